The Morgan fingerprint density at radius 1 is 1.53 bits per heavy atom. The van der Waals surface area contributed by atoms with Crippen LogP contribution < -0.4 is 11.3 Å². The number of hydrazine groups is 1. The minimum atomic E-state index is 0.247. The summed E-state index contributed by atoms with van der Waals surface area (Å²) in [4.78, 5) is 0. The molecule has 1 aliphatic heterocycles. The van der Waals surface area contributed by atoms with Gasteiger partial charge in [0.05, 0.1) is 18.8 Å². The molecule has 3 N–H and O–H groups in total. The summed E-state index contributed by atoms with van der Waals surface area (Å²) in [5, 5.41) is 0. The Morgan fingerprint density at radius 2 is 2.33 bits per heavy atom. The molecule has 2 atom stereocenters. The molecule has 0 aromatic heterocycles. The molecule has 1 saturated heterocycles. The van der Waals surface area contributed by atoms with Crippen molar-refractivity contribution in [3.05, 3.63) is 0 Å². The molecule has 15 heavy (non-hydrogen) atoms. The van der Waals surface area contributed by atoms with Gasteiger partial charge < -0.3 is 9.47 Å². The minimum Gasteiger partial charge on any atom is -0.378 e. The molecule has 0 bridgehead atoms. The van der Waals surface area contributed by atoms with E-state index in [1.54, 1.807) is 0 Å². The third kappa shape index (κ3) is 5.47. The summed E-state index contributed by atoms with van der Waals surface area (Å²) in [6.45, 7) is 5.68. The number of rotatable bonds is 7. The molecule has 0 aromatic rings. The lowest BCUT2D eigenvalue weighted by Crippen LogP contribution is -2.39. The molecule has 4 nitrogen and oxygen atoms in total. The zero-order chi connectivity index (χ0) is 11.1. The second-order valence-corrected chi connectivity index (χ2v) is 4.46. The number of nitrogens with one attached hydrogen (secondary N) is 1. The molecule has 1 aliphatic rings. The predicted octanol–water partition coefficient (Wildman–Crippen LogP) is 1.20. The topological polar surface area (TPSA) is 56.5 Å². The van der Waals surface area contributed by atoms with Crippen LogP contribution in [0, 0.1) is 0 Å². The van der Waals surface area contributed by atoms with Crippen molar-refractivity contribution in [2.24, 2.45) is 5.84 Å². The SMILES string of the molecule is CC(C)OCC(CCC1CCCO1)NN. The number of ether oxygens (including phenoxy) is 2. The van der Waals surface area contributed by atoms with Crippen molar-refractivity contribution in [1.29, 1.82) is 0 Å². The van der Waals surface area contributed by atoms with E-state index in [1.807, 2.05) is 13.8 Å². The van der Waals surface area contributed by atoms with Crippen LogP contribution in [0.5, 0.6) is 0 Å². The first kappa shape index (κ1) is 12.9. The molecular formula is C11H24N2O2. The highest BCUT2D eigenvalue weighted by atomic mass is 16.5. The van der Waals surface area contributed by atoms with E-state index in [9.17, 15) is 0 Å². The van der Waals surface area contributed by atoms with Crippen molar-refractivity contribution in [3.63, 3.8) is 0 Å². The Morgan fingerprint density at radius 3 is 2.87 bits per heavy atom. The highest BCUT2D eigenvalue weighted by molar-refractivity contribution is 4.70. The van der Waals surface area contributed by atoms with Crippen molar-refractivity contribution in [2.45, 2.75) is 57.8 Å². The lowest BCUT2D eigenvalue weighted by Gasteiger charge is -2.19. The summed E-state index contributed by atoms with van der Waals surface area (Å²) in [7, 11) is 0. The largest absolute Gasteiger partial charge is 0.378 e. The van der Waals surface area contributed by atoms with E-state index in [0.717, 1.165) is 19.4 Å². The van der Waals surface area contributed by atoms with Crippen LogP contribution >= 0.6 is 0 Å². The third-order valence-corrected chi connectivity index (χ3v) is 2.73. The predicted molar refractivity (Wildman–Crippen MR) is 60.4 cm³/mol. The van der Waals surface area contributed by atoms with Crippen molar-refractivity contribution >= 4 is 0 Å². The quantitative estimate of drug-likeness (QED) is 0.496. The molecule has 90 valence electrons. The summed E-state index contributed by atoms with van der Waals surface area (Å²) < 4.78 is 11.1. The van der Waals surface area contributed by atoms with Crippen LogP contribution in [-0.4, -0.2) is 31.5 Å². The highest BCUT2D eigenvalue weighted by Gasteiger charge is 2.17. The fourth-order valence-electron chi connectivity index (χ4n) is 1.78. The van der Waals surface area contributed by atoms with Gasteiger partial charge in [-0.1, -0.05) is 0 Å². The van der Waals surface area contributed by atoms with Gasteiger partial charge in [-0.15, -0.1) is 0 Å². The molecule has 1 heterocycles. The van der Waals surface area contributed by atoms with E-state index in [1.165, 1.54) is 12.8 Å². The Labute approximate surface area is 92.5 Å². The van der Waals surface area contributed by atoms with Gasteiger partial charge in [-0.3, -0.25) is 11.3 Å². The van der Waals surface area contributed by atoms with Gasteiger partial charge in [0.2, 0.25) is 0 Å². The van der Waals surface area contributed by atoms with Gasteiger partial charge in [0, 0.05) is 12.6 Å². The maximum Gasteiger partial charge on any atom is 0.0636 e. The van der Waals surface area contributed by atoms with E-state index in [0.29, 0.717) is 12.7 Å². The van der Waals surface area contributed by atoms with Crippen molar-refractivity contribution < 1.29 is 9.47 Å². The van der Waals surface area contributed by atoms with E-state index in [-0.39, 0.29) is 12.1 Å². The Balaban J connectivity index is 2.09. The highest BCUT2D eigenvalue weighted by Crippen LogP contribution is 2.17. The van der Waals surface area contributed by atoms with Gasteiger partial charge in [0.15, 0.2) is 0 Å². The molecule has 0 aromatic carbocycles. The average Bonchev–Trinajstić information content (AvgIpc) is 2.70. The van der Waals surface area contributed by atoms with Crippen molar-refractivity contribution in [3.8, 4) is 0 Å². The molecule has 0 aliphatic carbocycles. The number of nitrogens with two attached hydrogens (primary N) is 1. The average molecular weight is 216 g/mol. The second kappa shape index (κ2) is 7.17. The van der Waals surface area contributed by atoms with Gasteiger partial charge in [-0.2, -0.15) is 0 Å². The first-order chi connectivity index (χ1) is 7.22. The second-order valence-electron chi connectivity index (χ2n) is 4.46. The van der Waals surface area contributed by atoms with Gasteiger partial charge in [0.25, 0.3) is 0 Å². The van der Waals surface area contributed by atoms with Crippen molar-refractivity contribution in [2.75, 3.05) is 13.2 Å². The molecule has 4 heteroatoms. The summed E-state index contributed by atoms with van der Waals surface area (Å²) in [5.74, 6) is 5.47. The van der Waals surface area contributed by atoms with Gasteiger partial charge in [-0.25, -0.2) is 0 Å². The Kier molecular flexibility index (Phi) is 6.17. The lowest BCUT2D eigenvalue weighted by atomic mass is 10.1. The summed E-state index contributed by atoms with van der Waals surface area (Å²) in [6.07, 6.45) is 5.21. The Bertz CT molecular complexity index is 159. The van der Waals surface area contributed by atoms with Crippen LogP contribution in [0.1, 0.15) is 39.5 Å². The van der Waals surface area contributed by atoms with E-state index in [2.05, 4.69) is 5.43 Å². The van der Waals surface area contributed by atoms with Crippen molar-refractivity contribution in [1.82, 2.24) is 5.43 Å². The van der Waals surface area contributed by atoms with Crippen LogP contribution in [0.2, 0.25) is 0 Å². The van der Waals surface area contributed by atoms with E-state index >= 15 is 0 Å². The van der Waals surface area contributed by atoms with Crippen LogP contribution in [0.3, 0.4) is 0 Å². The van der Waals surface area contributed by atoms with Crippen LogP contribution in [0.4, 0.5) is 0 Å². The first-order valence-electron chi connectivity index (χ1n) is 5.91. The fraction of sp³-hybridized carbons (Fsp3) is 1.00. The van der Waals surface area contributed by atoms with Gasteiger partial charge >= 0.3 is 0 Å². The summed E-state index contributed by atoms with van der Waals surface area (Å²) in [6, 6.07) is 0.247. The van der Waals surface area contributed by atoms with Crippen LogP contribution in [0.15, 0.2) is 0 Å². The van der Waals surface area contributed by atoms with Gasteiger partial charge in [0.1, 0.15) is 0 Å². The number of hydrogen-bond donors (Lipinski definition) is 2. The molecule has 2 unspecified atom stereocenters. The van der Waals surface area contributed by atoms with Crippen LogP contribution in [-0.2, 0) is 9.47 Å². The molecule has 0 amide bonds. The first-order valence-corrected chi connectivity index (χ1v) is 5.91. The molecule has 0 saturated carbocycles. The maximum atomic E-state index is 5.56. The molecule has 1 fully saturated rings. The maximum absolute atomic E-state index is 5.56. The third-order valence-electron chi connectivity index (χ3n) is 2.73. The smallest absolute Gasteiger partial charge is 0.0636 e. The molecule has 1 rings (SSSR count). The Hall–Kier alpha value is -0.160. The van der Waals surface area contributed by atoms with E-state index < -0.39 is 0 Å². The molecular weight excluding hydrogens is 192 g/mol. The molecule has 0 radical (unpaired) electrons. The zero-order valence-electron chi connectivity index (χ0n) is 9.87. The minimum absolute atomic E-state index is 0.247. The molecule has 0 spiro atoms. The van der Waals surface area contributed by atoms with Crippen LogP contribution in [0.25, 0.3) is 0 Å². The zero-order valence-corrected chi connectivity index (χ0v) is 9.87. The van der Waals surface area contributed by atoms with E-state index in [4.69, 9.17) is 15.3 Å². The summed E-state index contributed by atoms with van der Waals surface area (Å²) in [5.41, 5.74) is 2.80. The fourth-order valence-corrected chi connectivity index (χ4v) is 1.78. The normalized spacial score (nSPS) is 23.6. The standard InChI is InChI=1S/C11H24N2O2/c1-9(2)15-8-10(13-12)5-6-11-4-3-7-14-11/h9-11,13H,3-8,12H2,1-2H3. The summed E-state index contributed by atoms with van der Waals surface area (Å²) >= 11 is 0. The van der Waals surface area contributed by atoms with Gasteiger partial charge in [-0.05, 0) is 39.5 Å². The lowest BCUT2D eigenvalue weighted by molar-refractivity contribution is 0.0518. The monoisotopic (exact) mass is 216 g/mol. The number of hydrogen-bond acceptors (Lipinski definition) is 4.